The monoisotopic (exact) mass is 231 g/mol. The Balaban J connectivity index is 2.48. The van der Waals surface area contributed by atoms with E-state index >= 15 is 0 Å². The molecule has 0 aliphatic rings. The number of esters is 1. The van der Waals surface area contributed by atoms with Crippen molar-refractivity contribution in [3.63, 3.8) is 0 Å². The molecule has 17 heavy (non-hydrogen) atoms. The van der Waals surface area contributed by atoms with E-state index in [1.54, 1.807) is 0 Å². The van der Waals surface area contributed by atoms with Gasteiger partial charge in [0.1, 0.15) is 5.57 Å². The van der Waals surface area contributed by atoms with Crippen molar-refractivity contribution in [1.29, 1.82) is 0 Å². The first-order valence-electron chi connectivity index (χ1n) is 5.15. The van der Waals surface area contributed by atoms with Gasteiger partial charge in [-0.15, -0.1) is 0 Å². The zero-order chi connectivity index (χ0) is 12.3. The fourth-order valence-corrected chi connectivity index (χ4v) is 1.68. The Hall–Kier alpha value is -2.23. The van der Waals surface area contributed by atoms with E-state index in [0.717, 1.165) is 16.5 Å². The molecule has 1 N–H and O–H groups in total. The summed E-state index contributed by atoms with van der Waals surface area (Å²) < 4.78 is 9.62. The maximum Gasteiger partial charge on any atom is 0.341 e. The molecule has 0 aliphatic heterocycles. The Labute approximate surface area is 98.8 Å². The molecule has 0 atom stereocenters. The Kier molecular flexibility index (Phi) is 3.14. The molecule has 0 radical (unpaired) electrons. The van der Waals surface area contributed by atoms with Gasteiger partial charge in [-0.25, -0.2) is 4.79 Å². The van der Waals surface area contributed by atoms with Gasteiger partial charge in [-0.3, -0.25) is 0 Å². The number of ether oxygens (including phenoxy) is 2. The van der Waals surface area contributed by atoms with Crippen LogP contribution in [0, 0.1) is 0 Å². The van der Waals surface area contributed by atoms with E-state index in [1.165, 1.54) is 20.5 Å². The Morgan fingerprint density at radius 2 is 2.12 bits per heavy atom. The number of aromatic nitrogens is 1. The van der Waals surface area contributed by atoms with Gasteiger partial charge >= 0.3 is 5.97 Å². The van der Waals surface area contributed by atoms with Crippen molar-refractivity contribution in [2.24, 2.45) is 0 Å². The second kappa shape index (κ2) is 4.74. The van der Waals surface area contributed by atoms with E-state index < -0.39 is 5.97 Å². The standard InChI is InChI=1S/C13H13NO3/c1-16-8-11(13(15)17-2)10-4-3-9-5-6-14-12(9)7-10/h3-8,14H,1-2H3/b11-8+. The SMILES string of the molecule is CO/C=C(/C(=O)OC)c1ccc2cc[nH]c2c1. The highest BCUT2D eigenvalue weighted by Gasteiger charge is 2.13. The Morgan fingerprint density at radius 1 is 1.29 bits per heavy atom. The molecule has 0 fully saturated rings. The summed E-state index contributed by atoms with van der Waals surface area (Å²) in [7, 11) is 2.84. The van der Waals surface area contributed by atoms with Gasteiger partial charge in [0.15, 0.2) is 0 Å². The van der Waals surface area contributed by atoms with Crippen molar-refractivity contribution in [3.05, 3.63) is 42.3 Å². The van der Waals surface area contributed by atoms with Crippen molar-refractivity contribution >= 4 is 22.4 Å². The van der Waals surface area contributed by atoms with Gasteiger partial charge in [-0.1, -0.05) is 12.1 Å². The zero-order valence-corrected chi connectivity index (χ0v) is 9.69. The van der Waals surface area contributed by atoms with Crippen LogP contribution in [0.4, 0.5) is 0 Å². The van der Waals surface area contributed by atoms with Crippen LogP contribution in [0.15, 0.2) is 36.7 Å². The number of hydrogen-bond acceptors (Lipinski definition) is 3. The van der Waals surface area contributed by atoms with Crippen LogP contribution in [0.1, 0.15) is 5.56 Å². The minimum atomic E-state index is -0.419. The molecule has 1 aromatic carbocycles. The number of benzene rings is 1. The van der Waals surface area contributed by atoms with Crippen molar-refractivity contribution < 1.29 is 14.3 Å². The highest BCUT2D eigenvalue weighted by Crippen LogP contribution is 2.21. The summed E-state index contributed by atoms with van der Waals surface area (Å²) in [6.07, 6.45) is 3.24. The van der Waals surface area contributed by atoms with Gasteiger partial charge in [0, 0.05) is 11.7 Å². The number of rotatable bonds is 3. The summed E-state index contributed by atoms with van der Waals surface area (Å²) >= 11 is 0. The number of H-pyrrole nitrogens is 1. The summed E-state index contributed by atoms with van der Waals surface area (Å²) in [6, 6.07) is 7.65. The third kappa shape index (κ3) is 2.15. The van der Waals surface area contributed by atoms with Crippen LogP contribution >= 0.6 is 0 Å². The van der Waals surface area contributed by atoms with Gasteiger partial charge in [-0.2, -0.15) is 0 Å². The number of nitrogens with one attached hydrogen (secondary N) is 1. The molecule has 0 aliphatic carbocycles. The Bertz CT molecular complexity index is 569. The molecule has 2 aromatic rings. The van der Waals surface area contributed by atoms with E-state index in [1.807, 2.05) is 30.5 Å². The molecule has 4 heteroatoms. The van der Waals surface area contributed by atoms with Gasteiger partial charge in [0.05, 0.1) is 20.5 Å². The van der Waals surface area contributed by atoms with Crippen LogP contribution < -0.4 is 0 Å². The summed E-state index contributed by atoms with van der Waals surface area (Å²) in [5, 5.41) is 1.09. The van der Waals surface area contributed by atoms with Gasteiger partial charge in [0.2, 0.25) is 0 Å². The fraction of sp³-hybridized carbons (Fsp3) is 0.154. The molecule has 4 nitrogen and oxygen atoms in total. The van der Waals surface area contributed by atoms with Crippen LogP contribution in [0.2, 0.25) is 0 Å². The first-order valence-corrected chi connectivity index (χ1v) is 5.15. The molecule has 1 heterocycles. The minimum Gasteiger partial charge on any atom is -0.503 e. The maximum absolute atomic E-state index is 11.6. The lowest BCUT2D eigenvalue weighted by Crippen LogP contribution is -2.04. The third-order valence-corrected chi connectivity index (χ3v) is 2.51. The fourth-order valence-electron chi connectivity index (χ4n) is 1.68. The molecule has 0 bridgehead atoms. The summed E-state index contributed by atoms with van der Waals surface area (Å²) in [5.41, 5.74) is 2.12. The number of hydrogen-bond donors (Lipinski definition) is 1. The van der Waals surface area contributed by atoms with E-state index in [0.29, 0.717) is 5.57 Å². The van der Waals surface area contributed by atoms with Crippen molar-refractivity contribution in [2.75, 3.05) is 14.2 Å². The zero-order valence-electron chi connectivity index (χ0n) is 9.69. The van der Waals surface area contributed by atoms with Crippen LogP contribution in [0.3, 0.4) is 0 Å². The number of fused-ring (bicyclic) bond motifs is 1. The van der Waals surface area contributed by atoms with Gasteiger partial charge in [0.25, 0.3) is 0 Å². The van der Waals surface area contributed by atoms with E-state index in [2.05, 4.69) is 4.98 Å². The van der Waals surface area contributed by atoms with Crippen LogP contribution in [-0.4, -0.2) is 25.2 Å². The average molecular weight is 231 g/mol. The second-order valence-electron chi connectivity index (χ2n) is 3.54. The van der Waals surface area contributed by atoms with Crippen molar-refractivity contribution in [3.8, 4) is 0 Å². The number of methoxy groups -OCH3 is 2. The van der Waals surface area contributed by atoms with Crippen LogP contribution in [0.5, 0.6) is 0 Å². The van der Waals surface area contributed by atoms with Gasteiger partial charge < -0.3 is 14.5 Å². The van der Waals surface area contributed by atoms with Crippen molar-refractivity contribution in [2.45, 2.75) is 0 Å². The molecule has 0 saturated heterocycles. The number of aromatic amines is 1. The largest absolute Gasteiger partial charge is 0.503 e. The smallest absolute Gasteiger partial charge is 0.341 e. The summed E-state index contributed by atoms with van der Waals surface area (Å²) in [5.74, 6) is -0.419. The van der Waals surface area contributed by atoms with E-state index in [4.69, 9.17) is 9.47 Å². The molecular formula is C13H13NO3. The first kappa shape index (κ1) is 11.3. The maximum atomic E-state index is 11.6. The second-order valence-corrected chi connectivity index (χ2v) is 3.54. The molecule has 1 aromatic heterocycles. The molecule has 0 unspecified atom stereocenters. The number of carbonyl (C=O) groups is 1. The average Bonchev–Trinajstić information content (AvgIpc) is 2.82. The molecule has 0 amide bonds. The molecule has 0 spiro atoms. The lowest BCUT2D eigenvalue weighted by Gasteiger charge is -2.05. The summed E-state index contributed by atoms with van der Waals surface area (Å²) in [6.45, 7) is 0. The minimum absolute atomic E-state index is 0.395. The predicted octanol–water partition coefficient (Wildman–Crippen LogP) is 2.33. The lowest BCUT2D eigenvalue weighted by atomic mass is 10.1. The van der Waals surface area contributed by atoms with Crippen LogP contribution in [-0.2, 0) is 14.3 Å². The van der Waals surface area contributed by atoms with E-state index in [-0.39, 0.29) is 0 Å². The molecular weight excluding hydrogens is 218 g/mol. The first-order chi connectivity index (χ1) is 8.26. The lowest BCUT2D eigenvalue weighted by molar-refractivity contribution is -0.133. The predicted molar refractivity (Wildman–Crippen MR) is 65.3 cm³/mol. The van der Waals surface area contributed by atoms with Crippen LogP contribution in [0.25, 0.3) is 16.5 Å². The highest BCUT2D eigenvalue weighted by molar-refractivity contribution is 6.16. The number of carbonyl (C=O) groups excluding carboxylic acids is 1. The quantitative estimate of drug-likeness (QED) is 0.501. The van der Waals surface area contributed by atoms with Gasteiger partial charge in [-0.05, 0) is 23.1 Å². The molecule has 88 valence electrons. The third-order valence-electron chi connectivity index (χ3n) is 2.51. The van der Waals surface area contributed by atoms with Crippen molar-refractivity contribution in [1.82, 2.24) is 4.98 Å². The summed E-state index contributed by atoms with van der Waals surface area (Å²) in [4.78, 5) is 14.7. The van der Waals surface area contributed by atoms with E-state index in [9.17, 15) is 4.79 Å². The molecule has 2 rings (SSSR count). The Morgan fingerprint density at radius 3 is 2.82 bits per heavy atom. The normalized spacial score (nSPS) is 11.5. The highest BCUT2D eigenvalue weighted by atomic mass is 16.5. The molecule has 0 saturated carbocycles. The topological polar surface area (TPSA) is 51.3 Å².